The molecule has 1 aromatic rings. The predicted molar refractivity (Wildman–Crippen MR) is 68.2 cm³/mol. The van der Waals surface area contributed by atoms with Crippen LogP contribution in [0.5, 0.6) is 0 Å². The first-order valence-electron chi connectivity index (χ1n) is 5.86. The van der Waals surface area contributed by atoms with Crippen molar-refractivity contribution in [1.82, 2.24) is 5.32 Å². The zero-order valence-electron chi connectivity index (χ0n) is 9.79. The van der Waals surface area contributed by atoms with Gasteiger partial charge in [-0.1, -0.05) is 26.0 Å². The molecule has 0 spiro atoms. The lowest BCUT2D eigenvalue weighted by atomic mass is 9.97. The molecule has 1 aliphatic heterocycles. The summed E-state index contributed by atoms with van der Waals surface area (Å²) < 4.78 is 13.7. The minimum Gasteiger partial charge on any atom is -0.309 e. The van der Waals surface area contributed by atoms with E-state index >= 15 is 0 Å². The minimum absolute atomic E-state index is 0.0554. The van der Waals surface area contributed by atoms with Gasteiger partial charge < -0.3 is 5.32 Å². The van der Waals surface area contributed by atoms with Crippen LogP contribution in [0.1, 0.15) is 37.4 Å². The summed E-state index contributed by atoms with van der Waals surface area (Å²) in [6, 6.07) is 5.73. The fourth-order valence-electron chi connectivity index (χ4n) is 2.16. The normalized spacial score (nSPS) is 24.2. The van der Waals surface area contributed by atoms with Crippen LogP contribution >= 0.6 is 11.8 Å². The van der Waals surface area contributed by atoms with E-state index in [1.807, 2.05) is 17.8 Å². The Hall–Kier alpha value is -0.540. The molecule has 2 unspecified atom stereocenters. The third-order valence-corrected chi connectivity index (χ3v) is 4.32. The Kier molecular flexibility index (Phi) is 3.87. The Bertz CT molecular complexity index is 367. The van der Waals surface area contributed by atoms with Gasteiger partial charge in [0.25, 0.3) is 0 Å². The zero-order chi connectivity index (χ0) is 11.5. The molecular formula is C13H18FNS. The van der Waals surface area contributed by atoms with Crippen molar-refractivity contribution in [3.8, 4) is 0 Å². The Morgan fingerprint density at radius 1 is 1.50 bits per heavy atom. The average molecular weight is 239 g/mol. The van der Waals surface area contributed by atoms with Crippen molar-refractivity contribution in [1.29, 1.82) is 0 Å². The molecule has 0 bridgehead atoms. The molecule has 0 saturated heterocycles. The lowest BCUT2D eigenvalue weighted by Crippen LogP contribution is -2.32. The van der Waals surface area contributed by atoms with E-state index in [1.54, 1.807) is 6.07 Å². The summed E-state index contributed by atoms with van der Waals surface area (Å²) in [6.45, 7) is 5.36. The van der Waals surface area contributed by atoms with Crippen LogP contribution in [0.3, 0.4) is 0 Å². The van der Waals surface area contributed by atoms with Crippen LogP contribution in [0.2, 0.25) is 0 Å². The van der Waals surface area contributed by atoms with Crippen LogP contribution in [0.25, 0.3) is 0 Å². The lowest BCUT2D eigenvalue weighted by molar-refractivity contribution is 0.512. The summed E-state index contributed by atoms with van der Waals surface area (Å²) in [5.74, 6) is 0.744. The van der Waals surface area contributed by atoms with E-state index in [2.05, 4.69) is 25.2 Å². The van der Waals surface area contributed by atoms with E-state index in [0.717, 1.165) is 29.8 Å². The van der Waals surface area contributed by atoms with Gasteiger partial charge in [0, 0.05) is 22.6 Å². The van der Waals surface area contributed by atoms with Gasteiger partial charge in [-0.05, 0) is 24.6 Å². The van der Waals surface area contributed by atoms with Crippen molar-refractivity contribution in [2.75, 3.05) is 6.54 Å². The van der Waals surface area contributed by atoms with Crippen molar-refractivity contribution >= 4 is 11.8 Å². The van der Waals surface area contributed by atoms with Gasteiger partial charge in [0.2, 0.25) is 0 Å². The topological polar surface area (TPSA) is 12.0 Å². The van der Waals surface area contributed by atoms with E-state index in [-0.39, 0.29) is 5.82 Å². The number of thioether (sulfide) groups is 1. The van der Waals surface area contributed by atoms with E-state index in [9.17, 15) is 4.39 Å². The van der Waals surface area contributed by atoms with Crippen LogP contribution in [-0.4, -0.2) is 11.8 Å². The second kappa shape index (κ2) is 5.19. The van der Waals surface area contributed by atoms with Gasteiger partial charge in [0.15, 0.2) is 0 Å². The molecule has 2 rings (SSSR count). The van der Waals surface area contributed by atoms with Crippen molar-refractivity contribution in [3.63, 3.8) is 0 Å². The minimum atomic E-state index is -0.0554. The lowest BCUT2D eigenvalue weighted by Gasteiger charge is -2.32. The van der Waals surface area contributed by atoms with Gasteiger partial charge in [-0.2, -0.15) is 11.8 Å². The number of nitrogens with one attached hydrogen (secondary N) is 1. The first-order valence-corrected chi connectivity index (χ1v) is 6.91. The van der Waals surface area contributed by atoms with Gasteiger partial charge in [-0.25, -0.2) is 4.39 Å². The van der Waals surface area contributed by atoms with Gasteiger partial charge in [0.05, 0.1) is 0 Å². The predicted octanol–water partition coefficient (Wildman–Crippen LogP) is 3.50. The maximum Gasteiger partial charge on any atom is 0.127 e. The maximum absolute atomic E-state index is 13.7. The van der Waals surface area contributed by atoms with Crippen LogP contribution in [0.15, 0.2) is 18.2 Å². The number of rotatable bonds is 3. The molecule has 1 aliphatic rings. The summed E-state index contributed by atoms with van der Waals surface area (Å²) in [5, 5.41) is 4.03. The number of hydrogen-bond acceptors (Lipinski definition) is 2. The third kappa shape index (κ3) is 2.25. The van der Waals surface area contributed by atoms with Crippen molar-refractivity contribution in [3.05, 3.63) is 35.1 Å². The summed E-state index contributed by atoms with van der Waals surface area (Å²) in [7, 11) is 0. The van der Waals surface area contributed by atoms with Crippen molar-refractivity contribution in [2.24, 2.45) is 0 Å². The molecule has 0 radical (unpaired) electrons. The number of hydrogen-bond donors (Lipinski definition) is 1. The molecule has 3 heteroatoms. The van der Waals surface area contributed by atoms with Gasteiger partial charge in [0.1, 0.15) is 5.82 Å². The molecular weight excluding hydrogens is 221 g/mol. The second-order valence-electron chi connectivity index (χ2n) is 4.26. The quantitative estimate of drug-likeness (QED) is 0.866. The van der Waals surface area contributed by atoms with Crippen LogP contribution in [0.4, 0.5) is 4.39 Å². The highest BCUT2D eigenvalue weighted by Gasteiger charge is 2.27. The first-order chi connectivity index (χ1) is 7.74. The van der Waals surface area contributed by atoms with Crippen molar-refractivity contribution < 1.29 is 4.39 Å². The third-order valence-electron chi connectivity index (χ3n) is 3.06. The smallest absolute Gasteiger partial charge is 0.127 e. The molecule has 1 heterocycles. The maximum atomic E-state index is 13.7. The molecule has 2 atom stereocenters. The molecule has 88 valence electrons. The number of fused-ring (bicyclic) bond motifs is 1. The Labute approximate surface area is 101 Å². The number of benzene rings is 1. The van der Waals surface area contributed by atoms with Crippen molar-refractivity contribution in [2.45, 2.75) is 37.3 Å². The molecule has 1 nitrogen and oxygen atoms in total. The Morgan fingerprint density at radius 3 is 3.06 bits per heavy atom. The van der Waals surface area contributed by atoms with Crippen LogP contribution in [0, 0.1) is 5.82 Å². The Balaban J connectivity index is 2.29. The number of halogens is 1. The summed E-state index contributed by atoms with van der Waals surface area (Å²) in [6.07, 6.45) is 1.11. The summed E-state index contributed by atoms with van der Waals surface area (Å²) >= 11 is 1.83. The van der Waals surface area contributed by atoms with E-state index in [0.29, 0.717) is 11.3 Å². The van der Waals surface area contributed by atoms with Crippen LogP contribution in [-0.2, 0) is 5.75 Å². The highest BCUT2D eigenvalue weighted by Crippen LogP contribution is 2.38. The average Bonchev–Trinajstić information content (AvgIpc) is 2.28. The fourth-order valence-corrected chi connectivity index (χ4v) is 3.33. The summed E-state index contributed by atoms with van der Waals surface area (Å²) in [5.41, 5.74) is 2.04. The van der Waals surface area contributed by atoms with E-state index in [4.69, 9.17) is 0 Å². The van der Waals surface area contributed by atoms with Gasteiger partial charge in [-0.3, -0.25) is 0 Å². The molecule has 0 aromatic heterocycles. The molecule has 0 saturated carbocycles. The molecule has 0 fully saturated rings. The van der Waals surface area contributed by atoms with Gasteiger partial charge in [-0.15, -0.1) is 0 Å². The van der Waals surface area contributed by atoms with E-state index in [1.165, 1.54) is 0 Å². The van der Waals surface area contributed by atoms with Gasteiger partial charge >= 0.3 is 0 Å². The molecule has 1 aromatic carbocycles. The molecule has 16 heavy (non-hydrogen) atoms. The van der Waals surface area contributed by atoms with Crippen LogP contribution < -0.4 is 5.32 Å². The highest BCUT2D eigenvalue weighted by atomic mass is 32.2. The Morgan fingerprint density at radius 2 is 2.31 bits per heavy atom. The zero-order valence-corrected chi connectivity index (χ0v) is 10.6. The fraction of sp³-hybridized carbons (Fsp3) is 0.538. The molecule has 1 N–H and O–H groups in total. The second-order valence-corrected chi connectivity index (χ2v) is 5.62. The first kappa shape index (κ1) is 11.9. The SMILES string of the molecule is CCCNC1c2cccc(F)c2CSC1C. The molecule has 0 amide bonds. The summed E-state index contributed by atoms with van der Waals surface area (Å²) in [4.78, 5) is 0. The highest BCUT2D eigenvalue weighted by molar-refractivity contribution is 7.99. The monoisotopic (exact) mass is 239 g/mol. The standard InChI is InChI=1S/C13H18FNS/c1-3-7-15-13-9(2)16-8-11-10(13)5-4-6-12(11)14/h4-6,9,13,15H,3,7-8H2,1-2H3. The van der Waals surface area contributed by atoms with E-state index < -0.39 is 0 Å². The largest absolute Gasteiger partial charge is 0.309 e. The molecule has 0 aliphatic carbocycles.